The lowest BCUT2D eigenvalue weighted by atomic mass is 10.00. The van der Waals surface area contributed by atoms with E-state index in [9.17, 15) is 4.79 Å². The van der Waals surface area contributed by atoms with Gasteiger partial charge in [0.05, 0.1) is 10.0 Å². The molecule has 0 fully saturated rings. The van der Waals surface area contributed by atoms with Crippen molar-refractivity contribution >= 4 is 52.2 Å². The summed E-state index contributed by atoms with van der Waals surface area (Å²) in [7, 11) is 0. The Hall–Kier alpha value is -0.730. The molecule has 0 saturated heterocycles. The molecule has 5 heteroatoms. The molecule has 0 aliphatic carbocycles. The summed E-state index contributed by atoms with van der Waals surface area (Å²) in [6, 6.07) is 6.47. The van der Waals surface area contributed by atoms with Crippen LogP contribution in [0.1, 0.15) is 27.0 Å². The van der Waals surface area contributed by atoms with Gasteiger partial charge in [-0.15, -0.1) is 0 Å². The van der Waals surface area contributed by atoms with Crippen molar-refractivity contribution in [1.82, 2.24) is 0 Å². The summed E-state index contributed by atoms with van der Waals surface area (Å²) in [5.41, 5.74) is 2.11. The standard InChI is InChI=1S/C15H10Cl4O/c1-7-3-9(16)5-11(13(7)18)15(20)12-6-10(17)4-8(2)14(12)19/h3-6H,1-2H3. The van der Waals surface area contributed by atoms with E-state index in [-0.39, 0.29) is 5.78 Å². The zero-order valence-electron chi connectivity index (χ0n) is 10.7. The summed E-state index contributed by atoms with van der Waals surface area (Å²) in [5.74, 6) is -0.295. The van der Waals surface area contributed by atoms with Crippen LogP contribution in [0.25, 0.3) is 0 Å². The average Bonchev–Trinajstić information content (AvgIpc) is 2.37. The lowest BCUT2D eigenvalue weighted by Gasteiger charge is -2.10. The second-order valence-electron chi connectivity index (χ2n) is 4.50. The molecule has 0 bridgehead atoms. The first-order valence-electron chi connectivity index (χ1n) is 5.77. The van der Waals surface area contributed by atoms with Crippen molar-refractivity contribution in [3.63, 3.8) is 0 Å². The molecule has 0 spiro atoms. The van der Waals surface area contributed by atoms with Crippen molar-refractivity contribution < 1.29 is 4.79 Å². The van der Waals surface area contributed by atoms with Crippen LogP contribution < -0.4 is 0 Å². The van der Waals surface area contributed by atoms with Gasteiger partial charge in [-0.3, -0.25) is 4.79 Å². The molecule has 0 N–H and O–H groups in total. The van der Waals surface area contributed by atoms with Gasteiger partial charge >= 0.3 is 0 Å². The molecule has 0 aliphatic rings. The highest BCUT2D eigenvalue weighted by Crippen LogP contribution is 2.31. The van der Waals surface area contributed by atoms with Crippen LogP contribution in [0.3, 0.4) is 0 Å². The second-order valence-corrected chi connectivity index (χ2v) is 6.13. The van der Waals surface area contributed by atoms with E-state index < -0.39 is 0 Å². The van der Waals surface area contributed by atoms with Crippen LogP contribution in [0, 0.1) is 13.8 Å². The topological polar surface area (TPSA) is 17.1 Å². The quantitative estimate of drug-likeness (QED) is 0.595. The lowest BCUT2D eigenvalue weighted by molar-refractivity contribution is 0.103. The molecule has 0 radical (unpaired) electrons. The van der Waals surface area contributed by atoms with Gasteiger partial charge in [-0.2, -0.15) is 0 Å². The van der Waals surface area contributed by atoms with Crippen molar-refractivity contribution in [2.24, 2.45) is 0 Å². The fourth-order valence-electron chi connectivity index (χ4n) is 1.93. The maximum Gasteiger partial charge on any atom is 0.196 e. The fourth-order valence-corrected chi connectivity index (χ4v) is 2.86. The first-order valence-corrected chi connectivity index (χ1v) is 7.28. The molecule has 0 saturated carbocycles. The number of hydrogen-bond acceptors (Lipinski definition) is 1. The van der Waals surface area contributed by atoms with E-state index in [0.717, 1.165) is 11.1 Å². The van der Waals surface area contributed by atoms with Crippen LogP contribution >= 0.6 is 46.4 Å². The monoisotopic (exact) mass is 346 g/mol. The Bertz CT molecular complexity index is 648. The van der Waals surface area contributed by atoms with E-state index in [0.29, 0.717) is 31.2 Å². The van der Waals surface area contributed by atoms with Crippen molar-refractivity contribution in [3.8, 4) is 0 Å². The van der Waals surface area contributed by atoms with Crippen LogP contribution in [0.4, 0.5) is 0 Å². The van der Waals surface area contributed by atoms with Gasteiger partial charge in [0.25, 0.3) is 0 Å². The number of rotatable bonds is 2. The summed E-state index contributed by atoms with van der Waals surface area (Å²) in [5, 5.41) is 1.64. The Morgan fingerprint density at radius 3 is 1.45 bits per heavy atom. The van der Waals surface area contributed by atoms with E-state index in [1.807, 2.05) is 0 Å². The van der Waals surface area contributed by atoms with Gasteiger partial charge in [-0.05, 0) is 49.2 Å². The zero-order chi connectivity index (χ0) is 15.0. The highest BCUT2D eigenvalue weighted by molar-refractivity contribution is 6.40. The van der Waals surface area contributed by atoms with Crippen LogP contribution in [-0.2, 0) is 0 Å². The van der Waals surface area contributed by atoms with Crippen molar-refractivity contribution in [2.45, 2.75) is 13.8 Å². The number of hydrogen-bond donors (Lipinski definition) is 0. The maximum atomic E-state index is 12.6. The number of benzene rings is 2. The molecule has 0 amide bonds. The molecular weight excluding hydrogens is 338 g/mol. The number of ketones is 1. The molecule has 1 nitrogen and oxygen atoms in total. The highest BCUT2D eigenvalue weighted by Gasteiger charge is 2.19. The normalized spacial score (nSPS) is 10.7. The Morgan fingerprint density at radius 2 is 1.10 bits per heavy atom. The fraction of sp³-hybridized carbons (Fsp3) is 0.133. The Labute approximate surface area is 137 Å². The van der Waals surface area contributed by atoms with Crippen LogP contribution in [-0.4, -0.2) is 5.78 Å². The van der Waals surface area contributed by atoms with Crippen molar-refractivity contribution in [1.29, 1.82) is 0 Å². The van der Waals surface area contributed by atoms with Gasteiger partial charge in [0.15, 0.2) is 5.78 Å². The van der Waals surface area contributed by atoms with Gasteiger partial charge in [0.2, 0.25) is 0 Å². The molecule has 0 heterocycles. The number of carbonyl (C=O) groups is 1. The molecule has 0 unspecified atom stereocenters. The lowest BCUT2D eigenvalue weighted by Crippen LogP contribution is -2.05. The van der Waals surface area contributed by atoms with E-state index in [1.165, 1.54) is 12.1 Å². The third kappa shape index (κ3) is 2.96. The minimum absolute atomic E-state index is 0.295. The van der Waals surface area contributed by atoms with E-state index in [4.69, 9.17) is 46.4 Å². The molecule has 2 rings (SSSR count). The second kappa shape index (κ2) is 5.95. The maximum absolute atomic E-state index is 12.6. The van der Waals surface area contributed by atoms with Gasteiger partial charge < -0.3 is 0 Å². The largest absolute Gasteiger partial charge is 0.288 e. The number of aryl methyl sites for hydroxylation is 2. The smallest absolute Gasteiger partial charge is 0.196 e. The number of halogens is 4. The highest BCUT2D eigenvalue weighted by atomic mass is 35.5. The summed E-state index contributed by atoms with van der Waals surface area (Å²) in [6.45, 7) is 3.58. The van der Waals surface area contributed by atoms with Crippen LogP contribution in [0.2, 0.25) is 20.1 Å². The minimum Gasteiger partial charge on any atom is -0.288 e. The first-order chi connectivity index (χ1) is 9.31. The average molecular weight is 348 g/mol. The molecular formula is C15H10Cl4O. The molecule has 104 valence electrons. The Balaban J connectivity index is 2.64. The number of carbonyl (C=O) groups excluding carboxylic acids is 1. The third-order valence-corrected chi connectivity index (χ3v) is 4.37. The third-order valence-electron chi connectivity index (χ3n) is 2.93. The summed E-state index contributed by atoms with van der Waals surface area (Å²) >= 11 is 24.3. The zero-order valence-corrected chi connectivity index (χ0v) is 13.8. The molecule has 0 aromatic heterocycles. The van der Waals surface area contributed by atoms with Crippen LogP contribution in [0.15, 0.2) is 24.3 Å². The SMILES string of the molecule is Cc1cc(Cl)cc(C(=O)c2cc(Cl)cc(C)c2Cl)c1Cl. The molecule has 20 heavy (non-hydrogen) atoms. The molecule has 0 aliphatic heterocycles. The van der Waals surface area contributed by atoms with E-state index in [2.05, 4.69) is 0 Å². The van der Waals surface area contributed by atoms with Crippen molar-refractivity contribution in [3.05, 3.63) is 66.6 Å². The molecule has 2 aromatic rings. The Kier molecular flexibility index (Phi) is 4.66. The van der Waals surface area contributed by atoms with Crippen molar-refractivity contribution in [2.75, 3.05) is 0 Å². The molecule has 2 aromatic carbocycles. The van der Waals surface area contributed by atoms with E-state index in [1.54, 1.807) is 26.0 Å². The van der Waals surface area contributed by atoms with Gasteiger partial charge in [0, 0.05) is 21.2 Å². The predicted octanol–water partition coefficient (Wildman–Crippen LogP) is 6.15. The summed E-state index contributed by atoms with van der Waals surface area (Å²) in [6.07, 6.45) is 0. The summed E-state index contributed by atoms with van der Waals surface area (Å²) in [4.78, 5) is 12.6. The van der Waals surface area contributed by atoms with Gasteiger partial charge in [-0.25, -0.2) is 0 Å². The van der Waals surface area contributed by atoms with Gasteiger partial charge in [-0.1, -0.05) is 46.4 Å². The van der Waals surface area contributed by atoms with Gasteiger partial charge in [0.1, 0.15) is 0 Å². The van der Waals surface area contributed by atoms with Crippen LogP contribution in [0.5, 0.6) is 0 Å². The first kappa shape index (κ1) is 15.7. The van der Waals surface area contributed by atoms with E-state index >= 15 is 0 Å². The Morgan fingerprint density at radius 1 is 0.750 bits per heavy atom. The summed E-state index contributed by atoms with van der Waals surface area (Å²) < 4.78 is 0. The minimum atomic E-state index is -0.295. The predicted molar refractivity (Wildman–Crippen MR) is 85.8 cm³/mol. The molecule has 0 atom stereocenters.